The molecule has 1 saturated carbocycles. The summed E-state index contributed by atoms with van der Waals surface area (Å²) >= 11 is 0. The van der Waals surface area contributed by atoms with Crippen molar-refractivity contribution < 1.29 is 0 Å². The maximum Gasteiger partial charge on any atom is 0.0238 e. The van der Waals surface area contributed by atoms with Crippen molar-refractivity contribution in [2.24, 2.45) is 11.8 Å². The van der Waals surface area contributed by atoms with E-state index in [2.05, 4.69) is 12.3 Å². The Kier molecular flexibility index (Phi) is 2.49. The predicted octanol–water partition coefficient (Wildman–Crippen LogP) is 1.03. The van der Waals surface area contributed by atoms with E-state index in [0.29, 0.717) is 6.04 Å². The highest BCUT2D eigenvalue weighted by molar-refractivity contribution is 4.79. The fraction of sp³-hybridized carbons (Fsp3) is 1.00. The van der Waals surface area contributed by atoms with Crippen molar-refractivity contribution in [2.75, 3.05) is 0 Å². The van der Waals surface area contributed by atoms with E-state index >= 15 is 0 Å². The maximum atomic E-state index is 5.35. The zero-order valence-electron chi connectivity index (χ0n) is 6.06. The molecule has 3 N–H and O–H groups in total. The first kappa shape index (κ1) is 7.03. The molecule has 54 valence electrons. The molecule has 9 heavy (non-hydrogen) atoms. The van der Waals surface area contributed by atoms with Gasteiger partial charge in [0.25, 0.3) is 0 Å². The van der Waals surface area contributed by atoms with Gasteiger partial charge < -0.3 is 0 Å². The third kappa shape index (κ3) is 1.43. The first-order chi connectivity index (χ1) is 4.38. The van der Waals surface area contributed by atoms with Crippen LogP contribution >= 0.6 is 0 Å². The average Bonchev–Trinajstić information content (AvgIpc) is 2.33. The van der Waals surface area contributed by atoms with Gasteiger partial charge in [-0.2, -0.15) is 0 Å². The first-order valence-electron chi connectivity index (χ1n) is 3.84. The topological polar surface area (TPSA) is 38.0 Å². The van der Waals surface area contributed by atoms with E-state index in [1.165, 1.54) is 25.7 Å². The summed E-state index contributed by atoms with van der Waals surface area (Å²) in [6.07, 6.45) is 5.27. The van der Waals surface area contributed by atoms with E-state index in [1.807, 2.05) is 0 Å². The Morgan fingerprint density at radius 2 is 2.33 bits per heavy atom. The second-order valence-corrected chi connectivity index (χ2v) is 2.87. The van der Waals surface area contributed by atoms with Crippen LogP contribution in [0.15, 0.2) is 0 Å². The van der Waals surface area contributed by atoms with Crippen LogP contribution in [0, 0.1) is 5.92 Å². The van der Waals surface area contributed by atoms with Crippen LogP contribution in [0.2, 0.25) is 0 Å². The summed E-state index contributed by atoms with van der Waals surface area (Å²) in [6.45, 7) is 2.24. The third-order valence-electron chi connectivity index (χ3n) is 2.40. The van der Waals surface area contributed by atoms with Gasteiger partial charge in [0, 0.05) is 6.04 Å². The number of nitrogens with one attached hydrogen (secondary N) is 1. The van der Waals surface area contributed by atoms with Gasteiger partial charge in [0.05, 0.1) is 0 Å². The van der Waals surface area contributed by atoms with Crippen LogP contribution in [0.1, 0.15) is 32.6 Å². The number of hydrazine groups is 1. The minimum Gasteiger partial charge on any atom is -0.271 e. The van der Waals surface area contributed by atoms with Crippen molar-refractivity contribution in [2.45, 2.75) is 38.6 Å². The lowest BCUT2D eigenvalue weighted by molar-refractivity contribution is 0.397. The SMILES string of the molecule is CCC1CCCC1NN. The van der Waals surface area contributed by atoms with Crippen LogP contribution in [-0.4, -0.2) is 6.04 Å². The van der Waals surface area contributed by atoms with Gasteiger partial charge in [-0.1, -0.05) is 19.8 Å². The molecular formula is C7H16N2. The smallest absolute Gasteiger partial charge is 0.0238 e. The molecule has 2 atom stereocenters. The largest absolute Gasteiger partial charge is 0.271 e. The molecule has 1 aliphatic carbocycles. The van der Waals surface area contributed by atoms with Crippen molar-refractivity contribution in [1.82, 2.24) is 5.43 Å². The fourth-order valence-electron chi connectivity index (χ4n) is 1.74. The summed E-state index contributed by atoms with van der Waals surface area (Å²) < 4.78 is 0. The highest BCUT2D eigenvalue weighted by atomic mass is 15.2. The molecule has 0 heterocycles. The van der Waals surface area contributed by atoms with Crippen LogP contribution in [0.5, 0.6) is 0 Å². The molecule has 2 nitrogen and oxygen atoms in total. The Labute approximate surface area is 56.8 Å². The summed E-state index contributed by atoms with van der Waals surface area (Å²) in [5.41, 5.74) is 2.86. The Bertz CT molecular complexity index is 73.0. The van der Waals surface area contributed by atoms with Crippen molar-refractivity contribution in [3.63, 3.8) is 0 Å². The van der Waals surface area contributed by atoms with Gasteiger partial charge in [0.1, 0.15) is 0 Å². The standard InChI is InChI=1S/C7H16N2/c1-2-6-4-3-5-7(6)9-8/h6-7,9H,2-5,8H2,1H3. The summed E-state index contributed by atoms with van der Waals surface area (Å²) in [5.74, 6) is 6.19. The second-order valence-electron chi connectivity index (χ2n) is 2.87. The second kappa shape index (κ2) is 3.18. The quantitative estimate of drug-likeness (QED) is 0.430. The fourth-order valence-corrected chi connectivity index (χ4v) is 1.74. The lowest BCUT2D eigenvalue weighted by atomic mass is 10.0. The number of hydrogen-bond donors (Lipinski definition) is 2. The van der Waals surface area contributed by atoms with Gasteiger partial charge in [0.2, 0.25) is 0 Å². The highest BCUT2D eigenvalue weighted by Crippen LogP contribution is 2.27. The zero-order valence-corrected chi connectivity index (χ0v) is 6.06. The maximum absolute atomic E-state index is 5.35. The van der Waals surface area contributed by atoms with E-state index < -0.39 is 0 Å². The molecule has 0 aromatic carbocycles. The summed E-state index contributed by atoms with van der Waals surface area (Å²) in [7, 11) is 0. The zero-order chi connectivity index (χ0) is 6.69. The van der Waals surface area contributed by atoms with Crippen LogP contribution in [0.3, 0.4) is 0 Å². The van der Waals surface area contributed by atoms with Crippen molar-refractivity contribution in [1.29, 1.82) is 0 Å². The molecule has 0 aromatic rings. The van der Waals surface area contributed by atoms with Gasteiger partial charge >= 0.3 is 0 Å². The predicted molar refractivity (Wildman–Crippen MR) is 38.7 cm³/mol. The molecule has 0 aliphatic heterocycles. The van der Waals surface area contributed by atoms with Crippen LogP contribution < -0.4 is 11.3 Å². The first-order valence-corrected chi connectivity index (χ1v) is 3.84. The van der Waals surface area contributed by atoms with E-state index in [1.54, 1.807) is 0 Å². The number of rotatable bonds is 2. The molecule has 0 radical (unpaired) electrons. The van der Waals surface area contributed by atoms with Gasteiger partial charge in [-0.05, 0) is 18.8 Å². The Balaban J connectivity index is 2.32. The number of hydrogen-bond acceptors (Lipinski definition) is 2. The van der Waals surface area contributed by atoms with Crippen LogP contribution in [0.25, 0.3) is 0 Å². The van der Waals surface area contributed by atoms with E-state index in [-0.39, 0.29) is 0 Å². The molecule has 1 fully saturated rings. The van der Waals surface area contributed by atoms with E-state index in [0.717, 1.165) is 5.92 Å². The third-order valence-corrected chi connectivity index (χ3v) is 2.40. The minimum atomic E-state index is 0.606. The van der Waals surface area contributed by atoms with Crippen molar-refractivity contribution >= 4 is 0 Å². The minimum absolute atomic E-state index is 0.606. The van der Waals surface area contributed by atoms with Crippen molar-refractivity contribution in [3.8, 4) is 0 Å². The Morgan fingerprint density at radius 3 is 2.78 bits per heavy atom. The molecule has 1 rings (SSSR count). The van der Waals surface area contributed by atoms with Gasteiger partial charge in [0.15, 0.2) is 0 Å². The lowest BCUT2D eigenvalue weighted by Gasteiger charge is -2.15. The normalized spacial score (nSPS) is 35.3. The molecule has 0 spiro atoms. The monoisotopic (exact) mass is 128 g/mol. The van der Waals surface area contributed by atoms with Gasteiger partial charge in [-0.25, -0.2) is 0 Å². The van der Waals surface area contributed by atoms with E-state index in [9.17, 15) is 0 Å². The van der Waals surface area contributed by atoms with Gasteiger partial charge in [-0.3, -0.25) is 11.3 Å². The molecule has 0 saturated heterocycles. The molecular weight excluding hydrogens is 112 g/mol. The molecule has 2 unspecified atom stereocenters. The molecule has 2 heteroatoms. The molecule has 1 aliphatic rings. The lowest BCUT2D eigenvalue weighted by Crippen LogP contribution is -2.37. The highest BCUT2D eigenvalue weighted by Gasteiger charge is 2.23. The van der Waals surface area contributed by atoms with Crippen LogP contribution in [0.4, 0.5) is 0 Å². The average molecular weight is 128 g/mol. The Morgan fingerprint density at radius 1 is 1.56 bits per heavy atom. The summed E-state index contributed by atoms with van der Waals surface area (Å²) in [4.78, 5) is 0. The molecule has 0 amide bonds. The number of nitrogens with two attached hydrogens (primary N) is 1. The van der Waals surface area contributed by atoms with Crippen LogP contribution in [-0.2, 0) is 0 Å². The Hall–Kier alpha value is -0.0800. The summed E-state index contributed by atoms with van der Waals surface area (Å²) in [5, 5.41) is 0. The summed E-state index contributed by atoms with van der Waals surface area (Å²) in [6, 6.07) is 0.606. The van der Waals surface area contributed by atoms with E-state index in [4.69, 9.17) is 5.84 Å². The van der Waals surface area contributed by atoms with Gasteiger partial charge in [-0.15, -0.1) is 0 Å². The molecule has 0 bridgehead atoms. The van der Waals surface area contributed by atoms with Crippen molar-refractivity contribution in [3.05, 3.63) is 0 Å². The molecule has 0 aromatic heterocycles.